The molecule has 2 heteroatoms. The normalized spacial score (nSPS) is 7.58. The minimum Gasteiger partial charge on any atom is -0.542 e. The molecule has 0 atom stereocenters. The molecule has 0 aliphatic carbocycles. The molecule has 0 heterocycles. The van der Waals surface area contributed by atoms with Crippen LogP contribution in [0.5, 0.6) is 0 Å². The molecule has 0 aromatic rings. The molecule has 0 spiro atoms. The number of carbonyl (C=O) groups excluding carboxylic acids is 1. The van der Waals surface area contributed by atoms with Crippen molar-refractivity contribution in [3.8, 4) is 0 Å². The van der Waals surface area contributed by atoms with Gasteiger partial charge in [-0.3, -0.25) is 6.29 Å². The van der Waals surface area contributed by atoms with Crippen molar-refractivity contribution in [3.63, 3.8) is 0 Å². The van der Waals surface area contributed by atoms with Crippen molar-refractivity contribution >= 4 is 6.29 Å². The molecule has 0 aliphatic heterocycles. The second-order valence-electron chi connectivity index (χ2n) is 2.60. The third-order valence-electron chi connectivity index (χ3n) is 1.31. The second kappa shape index (κ2) is 22.5. The van der Waals surface area contributed by atoms with Gasteiger partial charge in [-0.25, -0.2) is 0 Å². The molecule has 0 bridgehead atoms. The van der Waals surface area contributed by atoms with Crippen molar-refractivity contribution in [2.75, 3.05) is 0 Å². The van der Waals surface area contributed by atoms with Gasteiger partial charge in [-0.2, -0.15) is 6.42 Å². The Kier molecular flexibility index (Phi) is 34.0. The van der Waals surface area contributed by atoms with E-state index in [1.165, 1.54) is 25.7 Å². The standard InChI is InChI=1S/C6H14.C4H7O.Li/c1-3-5-6-4-2;1-2-3-4-5;/h3-6H2,1-2H3;2-3H2,1H3;/q;-1;+1. The number of hydrogen-bond donors (Lipinski definition) is 0. The molecule has 0 aromatic carbocycles. The number of hydrogen-bond acceptors (Lipinski definition) is 1. The molecule has 0 aromatic heterocycles. The third kappa shape index (κ3) is 31.8. The van der Waals surface area contributed by atoms with Crippen LogP contribution in [0.1, 0.15) is 59.3 Å². The maximum Gasteiger partial charge on any atom is 1.00 e. The first-order chi connectivity index (χ1) is 5.33. The van der Waals surface area contributed by atoms with Gasteiger partial charge in [0.2, 0.25) is 0 Å². The van der Waals surface area contributed by atoms with Gasteiger partial charge < -0.3 is 4.79 Å². The van der Waals surface area contributed by atoms with Crippen LogP contribution in [-0.4, -0.2) is 6.29 Å². The summed E-state index contributed by atoms with van der Waals surface area (Å²) in [5, 5.41) is 0. The Morgan fingerprint density at radius 2 is 1.33 bits per heavy atom. The maximum atomic E-state index is 9.28. The summed E-state index contributed by atoms with van der Waals surface area (Å²) < 4.78 is 0. The van der Waals surface area contributed by atoms with Crippen molar-refractivity contribution in [1.82, 2.24) is 0 Å². The summed E-state index contributed by atoms with van der Waals surface area (Å²) in [6.07, 6.45) is 8.81. The maximum absolute atomic E-state index is 9.28. The van der Waals surface area contributed by atoms with Crippen molar-refractivity contribution in [2.24, 2.45) is 0 Å². The van der Waals surface area contributed by atoms with Crippen LogP contribution in [0.2, 0.25) is 0 Å². The molecule has 0 rings (SSSR count). The average molecular weight is 164 g/mol. The summed E-state index contributed by atoms with van der Waals surface area (Å²) in [5.74, 6) is 0. The van der Waals surface area contributed by atoms with Crippen molar-refractivity contribution in [3.05, 3.63) is 0 Å². The van der Waals surface area contributed by atoms with Crippen LogP contribution in [0.15, 0.2) is 0 Å². The minimum absolute atomic E-state index is 0. The van der Waals surface area contributed by atoms with E-state index in [2.05, 4.69) is 13.8 Å². The molecule has 0 saturated carbocycles. The van der Waals surface area contributed by atoms with Gasteiger partial charge >= 0.3 is 18.9 Å². The van der Waals surface area contributed by atoms with Gasteiger partial charge in [0.25, 0.3) is 0 Å². The Labute approximate surface area is 89.5 Å². The number of rotatable bonds is 5. The first-order valence-electron chi connectivity index (χ1n) is 4.68. The summed E-state index contributed by atoms with van der Waals surface area (Å²) in [6.45, 7) is 6.41. The van der Waals surface area contributed by atoms with Crippen LogP contribution in [0.25, 0.3) is 0 Å². The molecule has 0 radical (unpaired) electrons. The average Bonchev–Trinajstić information content (AvgIpc) is 2.04. The predicted molar refractivity (Wildman–Crippen MR) is 50.4 cm³/mol. The van der Waals surface area contributed by atoms with Gasteiger partial charge in [0.1, 0.15) is 0 Å². The van der Waals surface area contributed by atoms with E-state index in [0.29, 0.717) is 6.42 Å². The van der Waals surface area contributed by atoms with Gasteiger partial charge in [0.05, 0.1) is 0 Å². The van der Waals surface area contributed by atoms with Crippen LogP contribution < -0.4 is 18.9 Å². The number of unbranched alkanes of at least 4 members (excludes halogenated alkanes) is 4. The summed E-state index contributed by atoms with van der Waals surface area (Å²) >= 11 is 0. The Morgan fingerprint density at radius 3 is 1.42 bits per heavy atom. The summed E-state index contributed by atoms with van der Waals surface area (Å²) in [7, 11) is 0. The summed E-state index contributed by atoms with van der Waals surface area (Å²) in [4.78, 5) is 9.28. The minimum atomic E-state index is 0. The monoisotopic (exact) mass is 164 g/mol. The zero-order chi connectivity index (χ0) is 8.95. The fourth-order valence-corrected chi connectivity index (χ4v) is 0.602. The van der Waals surface area contributed by atoms with Gasteiger partial charge in [-0.15, -0.1) is 0 Å². The van der Waals surface area contributed by atoms with Crippen molar-refractivity contribution < 1.29 is 23.7 Å². The SMILES string of the molecule is CCCCCC.CCC[C-]=O.[Li+]. The third-order valence-corrected chi connectivity index (χ3v) is 1.31. The van der Waals surface area contributed by atoms with E-state index >= 15 is 0 Å². The Morgan fingerprint density at radius 1 is 0.917 bits per heavy atom. The molecule has 12 heavy (non-hydrogen) atoms. The van der Waals surface area contributed by atoms with Gasteiger partial charge in [-0.1, -0.05) is 52.9 Å². The zero-order valence-electron chi connectivity index (χ0n) is 9.15. The van der Waals surface area contributed by atoms with Crippen LogP contribution in [-0.2, 0) is 4.79 Å². The van der Waals surface area contributed by atoms with Gasteiger partial charge in [0, 0.05) is 0 Å². The van der Waals surface area contributed by atoms with Crippen LogP contribution >= 0.6 is 0 Å². The van der Waals surface area contributed by atoms with E-state index < -0.39 is 0 Å². The first kappa shape index (κ1) is 18.1. The van der Waals surface area contributed by atoms with E-state index in [9.17, 15) is 4.79 Å². The molecule has 68 valence electrons. The van der Waals surface area contributed by atoms with E-state index in [1.54, 1.807) is 6.29 Å². The summed E-state index contributed by atoms with van der Waals surface area (Å²) in [5.41, 5.74) is 0. The van der Waals surface area contributed by atoms with E-state index in [4.69, 9.17) is 0 Å². The molecule has 0 amide bonds. The molecule has 0 N–H and O–H groups in total. The first-order valence-corrected chi connectivity index (χ1v) is 4.68. The fraction of sp³-hybridized carbons (Fsp3) is 0.900. The van der Waals surface area contributed by atoms with Crippen LogP contribution in [0.3, 0.4) is 0 Å². The predicted octanol–water partition coefficient (Wildman–Crippen LogP) is 0.487. The molecule has 1 nitrogen and oxygen atoms in total. The van der Waals surface area contributed by atoms with E-state index in [-0.39, 0.29) is 18.9 Å². The quantitative estimate of drug-likeness (QED) is 0.328. The summed E-state index contributed by atoms with van der Waals surface area (Å²) in [6, 6.07) is 0. The Balaban J connectivity index is -0.000000126. The fourth-order valence-electron chi connectivity index (χ4n) is 0.602. The molecular formula is C10H21LiO. The van der Waals surface area contributed by atoms with Crippen molar-refractivity contribution in [1.29, 1.82) is 0 Å². The topological polar surface area (TPSA) is 17.1 Å². The molecule has 0 fully saturated rings. The zero-order valence-corrected chi connectivity index (χ0v) is 9.15. The smallest absolute Gasteiger partial charge is 0.542 e. The van der Waals surface area contributed by atoms with Gasteiger partial charge in [0.15, 0.2) is 0 Å². The second-order valence-corrected chi connectivity index (χ2v) is 2.60. The van der Waals surface area contributed by atoms with Crippen LogP contribution in [0, 0.1) is 0 Å². The Bertz CT molecular complexity index is 60.9. The molecular weight excluding hydrogens is 143 g/mol. The molecule has 0 unspecified atom stereocenters. The largest absolute Gasteiger partial charge is 1.00 e. The molecule has 0 aliphatic rings. The Hall–Kier alpha value is 0.267. The van der Waals surface area contributed by atoms with Crippen molar-refractivity contribution in [2.45, 2.75) is 59.3 Å². The van der Waals surface area contributed by atoms with Crippen LogP contribution in [0.4, 0.5) is 0 Å². The van der Waals surface area contributed by atoms with E-state index in [0.717, 1.165) is 6.42 Å². The van der Waals surface area contributed by atoms with Gasteiger partial charge in [-0.05, 0) is 0 Å². The molecule has 0 saturated heterocycles. The van der Waals surface area contributed by atoms with E-state index in [1.807, 2.05) is 6.92 Å².